The number of ether oxygens (including phenoxy) is 3. The Balaban J connectivity index is 1.64. The summed E-state index contributed by atoms with van der Waals surface area (Å²) in [6.45, 7) is 23.6. The Bertz CT molecular complexity index is 2460. The molecule has 0 bridgehead atoms. The van der Waals surface area contributed by atoms with Crippen molar-refractivity contribution in [1.82, 2.24) is 0 Å². The minimum Gasteiger partial charge on any atom is -0.756 e. The highest BCUT2D eigenvalue weighted by Crippen LogP contribution is 2.57. The lowest BCUT2D eigenvalue weighted by Crippen LogP contribution is -2.64. The molecule has 2 unspecified atom stereocenters. The van der Waals surface area contributed by atoms with Crippen LogP contribution in [-0.2, 0) is 36.7 Å². The van der Waals surface area contributed by atoms with Crippen molar-refractivity contribution >= 4 is 15.6 Å². The van der Waals surface area contributed by atoms with Crippen LogP contribution in [0.3, 0.4) is 0 Å². The van der Waals surface area contributed by atoms with E-state index in [-0.39, 0.29) is 0 Å². The Labute approximate surface area is 516 Å². The van der Waals surface area contributed by atoms with Gasteiger partial charge < -0.3 is 64.3 Å². The van der Waals surface area contributed by atoms with Gasteiger partial charge in [-0.3, -0.25) is 13.7 Å². The molecule has 0 saturated carbocycles. The summed E-state index contributed by atoms with van der Waals surface area (Å²) in [5.74, 6) is 0. The molecule has 0 aromatic rings. The van der Waals surface area contributed by atoms with Gasteiger partial charge in [0, 0.05) is 0 Å². The van der Waals surface area contributed by atoms with Crippen molar-refractivity contribution in [2.75, 3.05) is 19.8 Å². The molecule has 0 radical (unpaired) electrons. The molecule has 492 valence electrons. The molecule has 86 heavy (non-hydrogen) atoms. The molecule has 0 aliphatic carbocycles. The standard InChI is InChI=1S/C67H112O17P2/c1-13-47(2)24-14-25-48(3)26-15-27-49(4)28-16-29-50(5)30-17-31-51(6)32-18-33-52(7)34-19-35-53(8)36-20-37-54(9)38-21-39-55(10)40-22-41-56(11)42-23-43-57(12)46-79-85(75,76)84-86(77,78)83-67-64(74)62(72)65(59(45-69)81-67)82-66-63(73)61(71)60(70)58(44-68)80-66/h13,25,27,29,31,33,35,37,39,41,43,58-74H,14-24,26,28,30,32,34,36,38,40,42,44-46H2,1-12H3,(H,75,76)(H,77,78)/p-2/b47-13-,48-25-,49-27-,50-29-,51-31-,52-33-,53-35-,54-37-,55-39+,56-41+,57-43+/t58-,59-,60-,61+,62-,63-,64-,65-,66+,67-/m1/s1. The molecule has 0 spiro atoms. The summed E-state index contributed by atoms with van der Waals surface area (Å²) in [4.78, 5) is 25.1. The van der Waals surface area contributed by atoms with Crippen LogP contribution in [0.5, 0.6) is 0 Å². The Morgan fingerprint density at radius 2 is 0.686 bits per heavy atom. The summed E-state index contributed by atoms with van der Waals surface area (Å²) < 4.78 is 54.6. The molecule has 12 atom stereocenters. The molecule has 17 nitrogen and oxygen atoms in total. The lowest BCUT2D eigenvalue weighted by Gasteiger charge is -2.46. The van der Waals surface area contributed by atoms with Crippen molar-refractivity contribution in [1.29, 1.82) is 0 Å². The zero-order valence-electron chi connectivity index (χ0n) is 54.0. The van der Waals surface area contributed by atoms with Crippen molar-refractivity contribution in [2.24, 2.45) is 0 Å². The second kappa shape index (κ2) is 42.9. The summed E-state index contributed by atoms with van der Waals surface area (Å²) in [6, 6.07) is 0. The van der Waals surface area contributed by atoms with E-state index in [1.807, 2.05) is 6.92 Å². The first-order valence-electron chi connectivity index (χ1n) is 31.0. The van der Waals surface area contributed by atoms with Gasteiger partial charge in [0.15, 0.2) is 12.6 Å². The third-order valence-corrected chi connectivity index (χ3v) is 18.2. The number of phosphoric acid groups is 2. The van der Waals surface area contributed by atoms with Crippen molar-refractivity contribution in [2.45, 2.75) is 273 Å². The van der Waals surface area contributed by atoms with Gasteiger partial charge in [0.05, 0.1) is 19.8 Å². The molecule has 2 fully saturated rings. The van der Waals surface area contributed by atoms with Crippen molar-refractivity contribution < 1.29 is 82.2 Å². The van der Waals surface area contributed by atoms with E-state index >= 15 is 0 Å². The quantitative estimate of drug-likeness (QED) is 0.0221. The lowest BCUT2D eigenvalue weighted by molar-refractivity contribution is -0.357. The van der Waals surface area contributed by atoms with E-state index in [4.69, 9.17) is 18.7 Å². The van der Waals surface area contributed by atoms with E-state index in [2.05, 4.69) is 139 Å². The van der Waals surface area contributed by atoms with Crippen LogP contribution in [0.4, 0.5) is 0 Å². The summed E-state index contributed by atoms with van der Waals surface area (Å²) in [6.07, 6.45) is 27.2. The van der Waals surface area contributed by atoms with Crippen molar-refractivity contribution in [3.63, 3.8) is 0 Å². The second-order valence-electron chi connectivity index (χ2n) is 23.9. The fourth-order valence-electron chi connectivity index (χ4n) is 9.70. The van der Waals surface area contributed by atoms with Gasteiger partial charge in [-0.15, -0.1) is 0 Å². The number of aliphatic hydroxyl groups excluding tert-OH is 7. The normalized spacial score (nSPS) is 26.5. The maximum absolute atomic E-state index is 12.6. The molecule has 2 aliphatic heterocycles. The molecule has 0 aromatic heterocycles. The molecular weight excluding hydrogens is 1140 g/mol. The van der Waals surface area contributed by atoms with Gasteiger partial charge >= 0.3 is 0 Å². The van der Waals surface area contributed by atoms with E-state index in [0.717, 1.165) is 121 Å². The van der Waals surface area contributed by atoms with Gasteiger partial charge in [0.1, 0.15) is 48.8 Å². The topological polar surface area (TPSA) is 277 Å². The fourth-order valence-corrected chi connectivity index (χ4v) is 11.8. The monoisotopic (exact) mass is 1250 g/mol. The molecule has 2 saturated heterocycles. The largest absolute Gasteiger partial charge is 0.756 e. The van der Waals surface area contributed by atoms with Gasteiger partial charge in [0.25, 0.3) is 15.6 Å². The predicted octanol–water partition coefficient (Wildman–Crippen LogP) is 12.8. The van der Waals surface area contributed by atoms with Crippen LogP contribution in [-0.4, -0.2) is 117 Å². The SMILES string of the molecule is C/C=C(/C)CC/C=C(/C)CC/C=C(/C)CC/C=C(/C)CC/C=C(/C)CC/C=C(/C)CC/C=C(/C)CC/C=C(/C)CC/C=C(\C)CC/C=C(\C)CC/C=C(\C)COP(=O)([O-])OP(=O)([O-])O[C@H]1O[C@H](CO)[C@@H](O[C@@H]2O[C@H](CO)[C@@H](O)[C@H](O)[C@H]2O)[C@H](O)[C@H]1O. The summed E-state index contributed by atoms with van der Waals surface area (Å²) >= 11 is 0. The second-order valence-corrected chi connectivity index (χ2v) is 26.8. The maximum atomic E-state index is 12.6. The fraction of sp³-hybridized carbons (Fsp3) is 0.672. The van der Waals surface area contributed by atoms with Gasteiger partial charge in [-0.1, -0.05) is 128 Å². The molecule has 0 aromatic carbocycles. The summed E-state index contributed by atoms with van der Waals surface area (Å²) in [5, 5.41) is 71.0. The van der Waals surface area contributed by atoms with Crippen LogP contribution in [0, 0.1) is 0 Å². The van der Waals surface area contributed by atoms with E-state index in [0.29, 0.717) is 18.4 Å². The van der Waals surface area contributed by atoms with E-state index < -0.39 is 96.9 Å². The zero-order valence-corrected chi connectivity index (χ0v) is 55.8. The van der Waals surface area contributed by atoms with Gasteiger partial charge in [-0.25, -0.2) is 4.31 Å². The maximum Gasteiger partial charge on any atom is 0.276 e. The predicted molar refractivity (Wildman–Crippen MR) is 339 cm³/mol. The third kappa shape index (κ3) is 33.7. The Hall–Kier alpha value is -3.00. The highest BCUT2D eigenvalue weighted by atomic mass is 31.3. The van der Waals surface area contributed by atoms with Crippen LogP contribution in [0.25, 0.3) is 0 Å². The minimum absolute atomic E-state index is 0.475. The number of allylic oxidation sites excluding steroid dienone is 21. The molecule has 2 rings (SSSR count). The smallest absolute Gasteiger partial charge is 0.276 e. The Morgan fingerprint density at radius 1 is 0.395 bits per heavy atom. The number of phosphoric ester groups is 2. The van der Waals surface area contributed by atoms with Crippen LogP contribution < -0.4 is 9.79 Å². The highest BCUT2D eigenvalue weighted by Gasteiger charge is 2.51. The first-order chi connectivity index (χ1) is 40.6. The van der Waals surface area contributed by atoms with Crippen LogP contribution in [0.1, 0.15) is 212 Å². The molecule has 7 N–H and O–H groups in total. The van der Waals surface area contributed by atoms with Crippen molar-refractivity contribution in [3.8, 4) is 0 Å². The molecule has 2 aliphatic rings. The number of aliphatic hydroxyl groups is 7. The van der Waals surface area contributed by atoms with Gasteiger partial charge in [0.2, 0.25) is 0 Å². The number of hydrogen-bond donors (Lipinski definition) is 7. The summed E-state index contributed by atoms with van der Waals surface area (Å²) in [7, 11) is -11.5. The first-order valence-corrected chi connectivity index (χ1v) is 34.0. The molecule has 0 amide bonds. The minimum atomic E-state index is -5.89. The van der Waals surface area contributed by atoms with E-state index in [9.17, 15) is 54.7 Å². The number of rotatable bonds is 41. The van der Waals surface area contributed by atoms with Gasteiger partial charge in [-0.2, -0.15) is 0 Å². The summed E-state index contributed by atoms with van der Waals surface area (Å²) in [5.41, 5.74) is 14.7. The van der Waals surface area contributed by atoms with Crippen molar-refractivity contribution in [3.05, 3.63) is 128 Å². The average Bonchev–Trinajstić information content (AvgIpc) is 1.10. The highest BCUT2D eigenvalue weighted by molar-refractivity contribution is 7.59. The molecule has 19 heteroatoms. The number of hydrogen-bond acceptors (Lipinski definition) is 17. The Morgan fingerprint density at radius 3 is 1.00 bits per heavy atom. The van der Waals surface area contributed by atoms with Gasteiger partial charge in [-0.05, 0) is 212 Å². The molecular formula is C67H110O17P2-2. The lowest BCUT2D eigenvalue weighted by atomic mass is 9.97. The third-order valence-electron chi connectivity index (χ3n) is 15.7. The average molecular weight is 1250 g/mol. The molecule has 2 heterocycles. The van der Waals surface area contributed by atoms with Crippen LogP contribution >= 0.6 is 15.6 Å². The zero-order chi connectivity index (χ0) is 64.4. The van der Waals surface area contributed by atoms with E-state index in [1.54, 1.807) is 13.0 Å². The van der Waals surface area contributed by atoms with Crippen LogP contribution in [0.2, 0.25) is 0 Å². The van der Waals surface area contributed by atoms with Crippen LogP contribution in [0.15, 0.2) is 128 Å². The van der Waals surface area contributed by atoms with E-state index in [1.165, 1.54) is 50.2 Å². The first kappa shape index (κ1) is 79.1. The Kier molecular flexibility index (Phi) is 39.4.